The summed E-state index contributed by atoms with van der Waals surface area (Å²) in [5.41, 5.74) is 0.161. The highest BCUT2D eigenvalue weighted by Gasteiger charge is 2.41. The largest absolute Gasteiger partial charge is 0.243 e. The Balaban J connectivity index is 1.77. The van der Waals surface area contributed by atoms with E-state index in [0.717, 1.165) is 6.26 Å². The standard InChI is InChI=1S/C12H14BrFN2O4S2/c1-21(17,18)15-4-8(5-15)6-16-7-9-11(22(16,19)20)3-2-10(13)12(9)14/h2-3,8H,4-7H2,1H3. The van der Waals surface area contributed by atoms with Gasteiger partial charge in [-0.25, -0.2) is 25.5 Å². The molecular weight excluding hydrogens is 399 g/mol. The molecule has 2 aliphatic heterocycles. The molecule has 1 fully saturated rings. The summed E-state index contributed by atoms with van der Waals surface area (Å²) in [5, 5.41) is 0. The summed E-state index contributed by atoms with van der Waals surface area (Å²) in [5.74, 6) is -0.625. The Morgan fingerprint density at radius 1 is 1.36 bits per heavy atom. The molecule has 0 aromatic heterocycles. The van der Waals surface area contributed by atoms with Crippen LogP contribution in [0, 0.1) is 11.7 Å². The van der Waals surface area contributed by atoms with E-state index in [2.05, 4.69) is 15.9 Å². The Labute approximate surface area is 137 Å². The van der Waals surface area contributed by atoms with Crippen LogP contribution < -0.4 is 0 Å². The molecule has 0 N–H and O–H groups in total. The first-order valence-corrected chi connectivity index (χ1v) is 10.6. The number of fused-ring (bicyclic) bond motifs is 1. The van der Waals surface area contributed by atoms with Gasteiger partial charge in [0.2, 0.25) is 20.0 Å². The first-order chi connectivity index (χ1) is 10.1. The predicted octanol–water partition coefficient (Wildman–Crippen LogP) is 0.984. The lowest BCUT2D eigenvalue weighted by molar-refractivity contribution is 0.170. The van der Waals surface area contributed by atoms with Gasteiger partial charge in [-0.15, -0.1) is 0 Å². The van der Waals surface area contributed by atoms with E-state index in [-0.39, 0.29) is 33.9 Å². The molecule has 6 nitrogen and oxygen atoms in total. The number of nitrogens with zero attached hydrogens (tertiary/aromatic N) is 2. The van der Waals surface area contributed by atoms with Gasteiger partial charge in [0.1, 0.15) is 5.82 Å². The van der Waals surface area contributed by atoms with Crippen molar-refractivity contribution in [3.63, 3.8) is 0 Å². The van der Waals surface area contributed by atoms with Crippen LogP contribution in [0.2, 0.25) is 0 Å². The van der Waals surface area contributed by atoms with Crippen LogP contribution in [0.25, 0.3) is 0 Å². The van der Waals surface area contributed by atoms with Crippen LogP contribution in [0.4, 0.5) is 4.39 Å². The Bertz CT molecular complexity index is 835. The van der Waals surface area contributed by atoms with Crippen LogP contribution in [0.1, 0.15) is 5.56 Å². The second kappa shape index (κ2) is 5.23. The number of sulfonamides is 2. The van der Waals surface area contributed by atoms with E-state index in [1.54, 1.807) is 0 Å². The summed E-state index contributed by atoms with van der Waals surface area (Å²) in [6.07, 6.45) is 1.12. The molecule has 0 saturated carbocycles. The second-order valence-corrected chi connectivity index (χ2v) is 10.3. The molecule has 0 radical (unpaired) electrons. The van der Waals surface area contributed by atoms with Gasteiger partial charge in [-0.05, 0) is 28.1 Å². The Morgan fingerprint density at radius 3 is 2.59 bits per heavy atom. The van der Waals surface area contributed by atoms with E-state index in [4.69, 9.17) is 0 Å². The molecule has 2 heterocycles. The van der Waals surface area contributed by atoms with Gasteiger partial charge in [0, 0.05) is 37.7 Å². The zero-order chi connectivity index (χ0) is 16.3. The summed E-state index contributed by atoms with van der Waals surface area (Å²) in [6.45, 7) is 0.777. The van der Waals surface area contributed by atoms with Gasteiger partial charge in [-0.3, -0.25) is 0 Å². The van der Waals surface area contributed by atoms with Crippen molar-refractivity contribution in [2.45, 2.75) is 11.4 Å². The maximum absolute atomic E-state index is 14.0. The van der Waals surface area contributed by atoms with Crippen LogP contribution in [0.3, 0.4) is 0 Å². The average Bonchev–Trinajstić information content (AvgIpc) is 2.59. The molecule has 122 valence electrons. The highest BCUT2D eigenvalue weighted by atomic mass is 79.9. The number of rotatable bonds is 3. The van der Waals surface area contributed by atoms with Gasteiger partial charge in [0.25, 0.3) is 0 Å². The van der Waals surface area contributed by atoms with Crippen LogP contribution in [0.15, 0.2) is 21.5 Å². The van der Waals surface area contributed by atoms with Crippen LogP contribution >= 0.6 is 15.9 Å². The normalized spacial score (nSPS) is 22.5. The molecule has 3 rings (SSSR count). The minimum atomic E-state index is -3.71. The van der Waals surface area contributed by atoms with Crippen LogP contribution in [-0.2, 0) is 26.6 Å². The fraction of sp³-hybridized carbons (Fsp3) is 0.500. The molecule has 0 unspecified atom stereocenters. The zero-order valence-corrected chi connectivity index (χ0v) is 14.9. The lowest BCUT2D eigenvalue weighted by Crippen LogP contribution is -2.53. The molecule has 0 bridgehead atoms. The molecule has 1 aromatic rings. The topological polar surface area (TPSA) is 74.8 Å². The molecule has 2 aliphatic rings. The fourth-order valence-electron chi connectivity index (χ4n) is 2.72. The van der Waals surface area contributed by atoms with E-state index in [9.17, 15) is 21.2 Å². The van der Waals surface area contributed by atoms with Crippen molar-refractivity contribution >= 4 is 36.0 Å². The van der Waals surface area contributed by atoms with Gasteiger partial charge in [-0.1, -0.05) is 0 Å². The number of benzene rings is 1. The minimum Gasteiger partial charge on any atom is -0.213 e. The molecule has 22 heavy (non-hydrogen) atoms. The maximum Gasteiger partial charge on any atom is 0.243 e. The van der Waals surface area contributed by atoms with Gasteiger partial charge in [-0.2, -0.15) is 4.31 Å². The monoisotopic (exact) mass is 412 g/mol. The van der Waals surface area contributed by atoms with E-state index in [1.165, 1.54) is 20.7 Å². The van der Waals surface area contributed by atoms with Crippen molar-refractivity contribution < 1.29 is 21.2 Å². The smallest absolute Gasteiger partial charge is 0.213 e. The SMILES string of the molecule is CS(=O)(=O)N1CC(CN2Cc3c(ccc(Br)c3F)S2(=O)=O)C1. The third-order valence-electron chi connectivity index (χ3n) is 3.96. The molecule has 0 amide bonds. The zero-order valence-electron chi connectivity index (χ0n) is 11.7. The molecule has 10 heteroatoms. The second-order valence-electron chi connectivity index (χ2n) is 5.58. The van der Waals surface area contributed by atoms with Crippen molar-refractivity contribution in [2.75, 3.05) is 25.9 Å². The molecular formula is C12H14BrFN2O4S2. The fourth-order valence-corrected chi connectivity index (χ4v) is 5.75. The Kier molecular flexibility index (Phi) is 3.88. The summed E-state index contributed by atoms with van der Waals surface area (Å²) < 4.78 is 64.3. The number of hydrogen-bond donors (Lipinski definition) is 0. The molecule has 1 aromatic carbocycles. The Morgan fingerprint density at radius 2 is 2.00 bits per heavy atom. The third kappa shape index (κ3) is 2.60. The molecule has 1 saturated heterocycles. The number of hydrogen-bond acceptors (Lipinski definition) is 4. The van der Waals surface area contributed by atoms with Gasteiger partial charge >= 0.3 is 0 Å². The molecule has 0 spiro atoms. The third-order valence-corrected chi connectivity index (χ3v) is 7.70. The highest BCUT2D eigenvalue weighted by molar-refractivity contribution is 9.10. The molecule has 0 aliphatic carbocycles. The van der Waals surface area contributed by atoms with Gasteiger partial charge < -0.3 is 0 Å². The van der Waals surface area contributed by atoms with Crippen LogP contribution in [-0.4, -0.2) is 51.3 Å². The van der Waals surface area contributed by atoms with Crippen molar-refractivity contribution in [1.29, 1.82) is 0 Å². The average molecular weight is 413 g/mol. The number of halogens is 2. The van der Waals surface area contributed by atoms with Crippen LogP contribution in [0.5, 0.6) is 0 Å². The van der Waals surface area contributed by atoms with E-state index in [0.29, 0.717) is 13.1 Å². The molecule has 0 atom stereocenters. The summed E-state index contributed by atoms with van der Waals surface area (Å²) in [7, 11) is -6.93. The van der Waals surface area contributed by atoms with E-state index < -0.39 is 25.9 Å². The van der Waals surface area contributed by atoms with E-state index >= 15 is 0 Å². The van der Waals surface area contributed by atoms with Crippen molar-refractivity contribution in [1.82, 2.24) is 8.61 Å². The first-order valence-electron chi connectivity index (χ1n) is 6.53. The van der Waals surface area contributed by atoms with Crippen molar-refractivity contribution in [3.8, 4) is 0 Å². The van der Waals surface area contributed by atoms with Gasteiger partial charge in [0.05, 0.1) is 15.6 Å². The summed E-state index contributed by atoms with van der Waals surface area (Å²) in [4.78, 5) is -0.00695. The minimum absolute atomic E-state index is 0.00695. The van der Waals surface area contributed by atoms with E-state index in [1.807, 2.05) is 0 Å². The quantitative estimate of drug-likeness (QED) is 0.741. The maximum atomic E-state index is 14.0. The first kappa shape index (κ1) is 16.3. The summed E-state index contributed by atoms with van der Waals surface area (Å²) >= 11 is 3.05. The van der Waals surface area contributed by atoms with Gasteiger partial charge in [0.15, 0.2) is 0 Å². The summed E-state index contributed by atoms with van der Waals surface area (Å²) in [6, 6.07) is 2.77. The Hall–Kier alpha value is -0.550. The lowest BCUT2D eigenvalue weighted by Gasteiger charge is -2.38. The van der Waals surface area contributed by atoms with Crippen molar-refractivity contribution in [2.24, 2.45) is 5.92 Å². The lowest BCUT2D eigenvalue weighted by atomic mass is 10.0. The van der Waals surface area contributed by atoms with Crippen molar-refractivity contribution in [3.05, 3.63) is 28.0 Å². The predicted molar refractivity (Wildman–Crippen MR) is 81.6 cm³/mol. The highest BCUT2D eigenvalue weighted by Crippen LogP contribution is 2.36.